The van der Waals surface area contributed by atoms with E-state index in [-0.39, 0.29) is 24.2 Å². The molecule has 8 nitrogen and oxygen atoms in total. The van der Waals surface area contributed by atoms with Crippen molar-refractivity contribution in [1.29, 1.82) is 0 Å². The summed E-state index contributed by atoms with van der Waals surface area (Å²) in [5, 5.41) is 23.6. The van der Waals surface area contributed by atoms with E-state index in [9.17, 15) is 15.2 Å². The van der Waals surface area contributed by atoms with Gasteiger partial charge in [-0.05, 0) is 19.8 Å². The second-order valence-electron chi connectivity index (χ2n) is 5.04. The normalized spacial score (nSPS) is 15.1. The van der Waals surface area contributed by atoms with Crippen LogP contribution in [-0.4, -0.2) is 45.7 Å². The van der Waals surface area contributed by atoms with Gasteiger partial charge in [-0.3, -0.25) is 10.1 Å². The van der Waals surface area contributed by atoms with Gasteiger partial charge in [-0.25, -0.2) is 9.97 Å². The number of hydrogen-bond acceptors (Lipinski definition) is 7. The van der Waals surface area contributed by atoms with Crippen molar-refractivity contribution < 1.29 is 10.0 Å². The van der Waals surface area contributed by atoms with Gasteiger partial charge in [-0.2, -0.15) is 0 Å². The highest BCUT2D eigenvalue weighted by Gasteiger charge is 2.31. The maximum Gasteiger partial charge on any atom is 0.353 e. The van der Waals surface area contributed by atoms with Gasteiger partial charge in [0.25, 0.3) is 0 Å². The van der Waals surface area contributed by atoms with E-state index in [2.05, 4.69) is 15.3 Å². The number of aliphatic hydroxyl groups excluding tert-OH is 1. The van der Waals surface area contributed by atoms with E-state index in [0.29, 0.717) is 18.9 Å². The minimum atomic E-state index is -0.452. The zero-order valence-corrected chi connectivity index (χ0v) is 12.2. The summed E-state index contributed by atoms with van der Waals surface area (Å²) in [6.07, 6.45) is 5.48. The van der Waals surface area contributed by atoms with Crippen molar-refractivity contribution in [2.45, 2.75) is 38.6 Å². The second kappa shape index (κ2) is 7.16. The van der Waals surface area contributed by atoms with Crippen molar-refractivity contribution >= 4 is 17.3 Å². The van der Waals surface area contributed by atoms with Gasteiger partial charge in [0.2, 0.25) is 11.6 Å². The molecule has 2 rings (SSSR count). The van der Waals surface area contributed by atoms with Crippen LogP contribution in [0.15, 0.2) is 6.33 Å². The van der Waals surface area contributed by atoms with E-state index >= 15 is 0 Å². The van der Waals surface area contributed by atoms with Gasteiger partial charge in [0.1, 0.15) is 6.33 Å². The monoisotopic (exact) mass is 295 g/mol. The summed E-state index contributed by atoms with van der Waals surface area (Å²) in [4.78, 5) is 20.9. The van der Waals surface area contributed by atoms with E-state index in [0.717, 1.165) is 25.7 Å². The van der Waals surface area contributed by atoms with Gasteiger partial charge in [0, 0.05) is 19.1 Å². The number of nitro groups is 1. The van der Waals surface area contributed by atoms with E-state index in [4.69, 9.17) is 0 Å². The molecule has 21 heavy (non-hydrogen) atoms. The summed E-state index contributed by atoms with van der Waals surface area (Å²) < 4.78 is 0. The molecule has 116 valence electrons. The average Bonchev–Trinajstić information content (AvgIpc) is 2.98. The Morgan fingerprint density at radius 1 is 1.48 bits per heavy atom. The zero-order valence-electron chi connectivity index (χ0n) is 12.2. The van der Waals surface area contributed by atoms with Crippen molar-refractivity contribution in [3.05, 3.63) is 16.4 Å². The molecule has 1 aromatic rings. The first-order valence-electron chi connectivity index (χ1n) is 7.29. The van der Waals surface area contributed by atoms with Crippen molar-refractivity contribution in [2.75, 3.05) is 29.9 Å². The molecule has 0 aliphatic heterocycles. The summed E-state index contributed by atoms with van der Waals surface area (Å²) in [5.74, 6) is 0.528. The Balaban J connectivity index is 2.42. The van der Waals surface area contributed by atoms with Gasteiger partial charge in [0.15, 0.2) is 0 Å². The summed E-state index contributed by atoms with van der Waals surface area (Å²) >= 11 is 0. The highest BCUT2D eigenvalue weighted by Crippen LogP contribution is 2.35. The van der Waals surface area contributed by atoms with Gasteiger partial charge in [0.05, 0.1) is 11.5 Å². The van der Waals surface area contributed by atoms with Crippen LogP contribution < -0.4 is 10.2 Å². The van der Waals surface area contributed by atoms with Crippen LogP contribution in [0.2, 0.25) is 0 Å². The fourth-order valence-corrected chi connectivity index (χ4v) is 2.83. The maximum atomic E-state index is 11.4. The van der Waals surface area contributed by atoms with E-state index in [1.165, 1.54) is 6.33 Å². The molecule has 2 N–H and O–H groups in total. The summed E-state index contributed by atoms with van der Waals surface area (Å²) in [6.45, 7) is 2.68. The Bertz CT molecular complexity index is 491. The minimum Gasteiger partial charge on any atom is -0.395 e. The zero-order chi connectivity index (χ0) is 15.2. The van der Waals surface area contributed by atoms with Crippen LogP contribution >= 0.6 is 0 Å². The highest BCUT2D eigenvalue weighted by molar-refractivity contribution is 5.70. The largest absolute Gasteiger partial charge is 0.395 e. The van der Waals surface area contributed by atoms with Gasteiger partial charge < -0.3 is 15.3 Å². The standard InChI is InChI=1S/C13H21N5O3/c1-2-14-12-11(18(20)21)13(16-9-15-12)17(7-8-19)10-5-3-4-6-10/h9-10,19H,2-8H2,1H3,(H,14,15,16). The van der Waals surface area contributed by atoms with Crippen LogP contribution in [0.1, 0.15) is 32.6 Å². The molecule has 8 heteroatoms. The predicted octanol–water partition coefficient (Wildman–Crippen LogP) is 1.56. The molecule has 0 spiro atoms. The molecule has 1 heterocycles. The maximum absolute atomic E-state index is 11.4. The fourth-order valence-electron chi connectivity index (χ4n) is 2.83. The quantitative estimate of drug-likeness (QED) is 0.581. The lowest BCUT2D eigenvalue weighted by Gasteiger charge is -2.29. The molecule has 0 amide bonds. The topological polar surface area (TPSA) is 104 Å². The first-order chi connectivity index (χ1) is 10.2. The summed E-state index contributed by atoms with van der Waals surface area (Å²) in [6, 6.07) is 0.195. The molecule has 1 aliphatic carbocycles. The average molecular weight is 295 g/mol. The fraction of sp³-hybridized carbons (Fsp3) is 0.692. The van der Waals surface area contributed by atoms with E-state index in [1.807, 2.05) is 11.8 Å². The minimum absolute atomic E-state index is 0.0613. The van der Waals surface area contributed by atoms with E-state index < -0.39 is 4.92 Å². The van der Waals surface area contributed by atoms with Gasteiger partial charge >= 0.3 is 5.69 Å². The number of rotatable bonds is 7. The third kappa shape index (κ3) is 3.38. The van der Waals surface area contributed by atoms with Crippen LogP contribution in [0.3, 0.4) is 0 Å². The van der Waals surface area contributed by atoms with Crippen LogP contribution in [0.25, 0.3) is 0 Å². The Hall–Kier alpha value is -1.96. The van der Waals surface area contributed by atoms with Crippen molar-refractivity contribution in [1.82, 2.24) is 9.97 Å². The molecular formula is C13H21N5O3. The lowest BCUT2D eigenvalue weighted by molar-refractivity contribution is -0.383. The summed E-state index contributed by atoms with van der Waals surface area (Å²) in [5.41, 5.74) is -0.111. The van der Waals surface area contributed by atoms with Crippen molar-refractivity contribution in [3.63, 3.8) is 0 Å². The lowest BCUT2D eigenvalue weighted by Crippen LogP contribution is -2.37. The third-order valence-electron chi connectivity index (χ3n) is 3.71. The number of anilines is 2. The van der Waals surface area contributed by atoms with Gasteiger partial charge in [-0.1, -0.05) is 12.8 Å². The first-order valence-corrected chi connectivity index (χ1v) is 7.29. The number of nitrogens with one attached hydrogen (secondary N) is 1. The molecular weight excluding hydrogens is 274 g/mol. The molecule has 0 radical (unpaired) electrons. The molecule has 0 atom stereocenters. The number of aliphatic hydroxyl groups is 1. The predicted molar refractivity (Wildman–Crippen MR) is 79.5 cm³/mol. The molecule has 1 aromatic heterocycles. The number of aromatic nitrogens is 2. The first kappa shape index (κ1) is 15.4. The van der Waals surface area contributed by atoms with Gasteiger partial charge in [-0.15, -0.1) is 0 Å². The molecule has 1 aliphatic rings. The molecule has 0 aromatic carbocycles. The SMILES string of the molecule is CCNc1ncnc(N(CCO)C2CCCC2)c1[N+](=O)[O-]. The molecule has 1 saturated carbocycles. The number of nitrogens with zero attached hydrogens (tertiary/aromatic N) is 4. The molecule has 0 unspecified atom stereocenters. The van der Waals surface area contributed by atoms with Crippen molar-refractivity contribution in [2.24, 2.45) is 0 Å². The van der Waals surface area contributed by atoms with Crippen LogP contribution in [-0.2, 0) is 0 Å². The Labute approximate surface area is 123 Å². The number of hydrogen-bond donors (Lipinski definition) is 2. The second-order valence-corrected chi connectivity index (χ2v) is 5.04. The smallest absolute Gasteiger partial charge is 0.353 e. The van der Waals surface area contributed by atoms with E-state index in [1.54, 1.807) is 0 Å². The molecule has 0 saturated heterocycles. The highest BCUT2D eigenvalue weighted by atomic mass is 16.6. The van der Waals surface area contributed by atoms with Crippen LogP contribution in [0.4, 0.5) is 17.3 Å². The lowest BCUT2D eigenvalue weighted by atomic mass is 10.2. The van der Waals surface area contributed by atoms with Crippen LogP contribution in [0.5, 0.6) is 0 Å². The molecule has 0 bridgehead atoms. The Kier molecular flexibility index (Phi) is 5.26. The summed E-state index contributed by atoms with van der Waals surface area (Å²) in [7, 11) is 0. The Morgan fingerprint density at radius 2 is 2.19 bits per heavy atom. The van der Waals surface area contributed by atoms with Crippen LogP contribution in [0, 0.1) is 10.1 Å². The Morgan fingerprint density at radius 3 is 2.76 bits per heavy atom. The van der Waals surface area contributed by atoms with Crippen molar-refractivity contribution in [3.8, 4) is 0 Å². The molecule has 1 fully saturated rings. The third-order valence-corrected chi connectivity index (χ3v) is 3.71.